The van der Waals surface area contributed by atoms with E-state index in [-0.39, 0.29) is 24.1 Å². The predicted molar refractivity (Wildman–Crippen MR) is 172 cm³/mol. The normalized spacial score (nSPS) is 23.8. The summed E-state index contributed by atoms with van der Waals surface area (Å²) in [5.41, 5.74) is -1.69. The summed E-state index contributed by atoms with van der Waals surface area (Å²) in [7, 11) is -3.55. The van der Waals surface area contributed by atoms with Crippen LogP contribution in [0.1, 0.15) is 92.9 Å². The van der Waals surface area contributed by atoms with Gasteiger partial charge in [-0.2, -0.15) is 0 Å². The highest BCUT2D eigenvalue weighted by atomic mass is 32.2. The maximum absolute atomic E-state index is 14.2. The molecule has 1 saturated heterocycles. The second-order valence-electron chi connectivity index (χ2n) is 15.0. The van der Waals surface area contributed by atoms with Crippen molar-refractivity contribution in [2.45, 2.75) is 115 Å². The zero-order valence-electron chi connectivity index (χ0n) is 27.8. The third-order valence-corrected chi connectivity index (χ3v) is 12.3. The SMILES string of the molecule is C=CCNC(=O)C(=O)CNC(=O)[C@@H]1[C@H]2CCC[C@H]2CN1C(=O)[C@@H](NC(=O)NC1(CS(=O)(=O)C(C)(C)C)CCCCC1)C(C)(C)C. The van der Waals surface area contributed by atoms with Crippen LogP contribution in [0.4, 0.5) is 4.79 Å². The van der Waals surface area contributed by atoms with Crippen LogP contribution in [0, 0.1) is 17.3 Å². The van der Waals surface area contributed by atoms with Gasteiger partial charge in [-0.05, 0) is 63.7 Å². The molecule has 12 nitrogen and oxygen atoms in total. The number of likely N-dealkylation sites (tertiary alicyclic amines) is 1. The number of carbonyl (C=O) groups excluding carboxylic acids is 5. The molecule has 0 aromatic carbocycles. The van der Waals surface area contributed by atoms with Crippen LogP contribution in [0.3, 0.4) is 0 Å². The van der Waals surface area contributed by atoms with Gasteiger partial charge in [0.1, 0.15) is 12.1 Å². The third kappa shape index (κ3) is 8.86. The highest BCUT2D eigenvalue weighted by Crippen LogP contribution is 2.43. The van der Waals surface area contributed by atoms with Crippen molar-refractivity contribution in [1.29, 1.82) is 0 Å². The molecule has 5 amide bonds. The average molecular weight is 652 g/mol. The van der Waals surface area contributed by atoms with Gasteiger partial charge in [0.25, 0.3) is 5.91 Å². The van der Waals surface area contributed by atoms with Gasteiger partial charge in [-0.25, -0.2) is 13.2 Å². The summed E-state index contributed by atoms with van der Waals surface area (Å²) in [4.78, 5) is 67.1. The monoisotopic (exact) mass is 651 g/mol. The molecule has 13 heteroatoms. The molecule has 3 aliphatic rings. The molecule has 3 fully saturated rings. The van der Waals surface area contributed by atoms with E-state index in [1.165, 1.54) is 11.0 Å². The Morgan fingerprint density at radius 2 is 1.60 bits per heavy atom. The largest absolute Gasteiger partial charge is 0.347 e. The van der Waals surface area contributed by atoms with Gasteiger partial charge in [0, 0.05) is 13.1 Å². The van der Waals surface area contributed by atoms with E-state index in [9.17, 15) is 32.4 Å². The molecule has 2 saturated carbocycles. The maximum atomic E-state index is 14.2. The minimum absolute atomic E-state index is 0.0961. The van der Waals surface area contributed by atoms with Crippen LogP contribution in [0.5, 0.6) is 0 Å². The van der Waals surface area contributed by atoms with Gasteiger partial charge in [-0.1, -0.05) is 52.5 Å². The Kier molecular flexibility index (Phi) is 11.5. The van der Waals surface area contributed by atoms with Crippen LogP contribution in [-0.2, 0) is 29.0 Å². The smallest absolute Gasteiger partial charge is 0.315 e. The number of sulfone groups is 1. The lowest BCUT2D eigenvalue weighted by atomic mass is 9.83. The van der Waals surface area contributed by atoms with E-state index < -0.39 is 73.7 Å². The number of nitrogens with one attached hydrogen (secondary N) is 4. The van der Waals surface area contributed by atoms with Gasteiger partial charge in [0.15, 0.2) is 9.84 Å². The molecule has 0 aromatic heterocycles. The number of urea groups is 1. The molecule has 45 heavy (non-hydrogen) atoms. The third-order valence-electron chi connectivity index (χ3n) is 9.50. The molecule has 1 heterocycles. The zero-order chi connectivity index (χ0) is 33.8. The second kappa shape index (κ2) is 14.2. The molecule has 0 aromatic rings. The van der Waals surface area contributed by atoms with Crippen molar-refractivity contribution in [3.63, 3.8) is 0 Å². The average Bonchev–Trinajstić information content (AvgIpc) is 3.53. The Hall–Kier alpha value is -2.96. The first kappa shape index (κ1) is 36.5. The van der Waals surface area contributed by atoms with Gasteiger partial charge < -0.3 is 26.2 Å². The van der Waals surface area contributed by atoms with E-state index in [4.69, 9.17) is 0 Å². The fourth-order valence-electron chi connectivity index (χ4n) is 6.82. The van der Waals surface area contributed by atoms with E-state index in [2.05, 4.69) is 27.8 Å². The first-order valence-corrected chi connectivity index (χ1v) is 17.8. The van der Waals surface area contributed by atoms with Gasteiger partial charge >= 0.3 is 6.03 Å². The zero-order valence-corrected chi connectivity index (χ0v) is 28.6. The number of Topliss-reactive ketones (excluding diaryl/α,β-unsaturated/α-hetero) is 1. The molecule has 0 bridgehead atoms. The van der Waals surface area contributed by atoms with Gasteiger partial charge in [0.05, 0.1) is 22.6 Å². The van der Waals surface area contributed by atoms with E-state index in [1.54, 1.807) is 20.8 Å². The van der Waals surface area contributed by atoms with Crippen molar-refractivity contribution in [2.75, 3.05) is 25.4 Å². The van der Waals surface area contributed by atoms with E-state index >= 15 is 0 Å². The maximum Gasteiger partial charge on any atom is 0.315 e. The lowest BCUT2D eigenvalue weighted by Gasteiger charge is -2.41. The van der Waals surface area contributed by atoms with Crippen LogP contribution in [-0.4, -0.2) is 90.6 Å². The van der Waals surface area contributed by atoms with Gasteiger partial charge in [0.2, 0.25) is 17.6 Å². The Morgan fingerprint density at radius 1 is 0.956 bits per heavy atom. The summed E-state index contributed by atoms with van der Waals surface area (Å²) in [5.74, 6) is -2.73. The fraction of sp³-hybridized carbons (Fsp3) is 0.781. The molecule has 0 radical (unpaired) electrons. The molecule has 0 spiro atoms. The highest BCUT2D eigenvalue weighted by Gasteiger charge is 2.52. The quantitative estimate of drug-likeness (QED) is 0.196. The van der Waals surface area contributed by atoms with Crippen molar-refractivity contribution in [3.8, 4) is 0 Å². The van der Waals surface area contributed by atoms with Crippen molar-refractivity contribution < 1.29 is 32.4 Å². The number of rotatable bonds is 11. The standard InChI is InChI=1S/C32H53N5O7S/c1-8-17-33-26(39)23(38)18-34-27(40)24-22-14-12-13-21(22)19-37(24)28(41)25(30(2,3)4)35-29(42)36-32(15-10-9-11-16-32)20-45(43,44)31(5,6)7/h8,21-22,24-25H,1,9-20H2,2-7H3,(H,33,39)(H,34,40)(H2,35,36,42)/t21-,22-,24-,25+/m0/s1. The van der Waals surface area contributed by atoms with E-state index in [0.29, 0.717) is 19.4 Å². The summed E-state index contributed by atoms with van der Waals surface area (Å²) < 4.78 is 25.5. The lowest BCUT2D eigenvalue weighted by molar-refractivity contribution is -0.143. The Balaban J connectivity index is 1.79. The Labute approximate surface area is 268 Å². The predicted octanol–water partition coefficient (Wildman–Crippen LogP) is 2.23. The molecule has 2 aliphatic carbocycles. The van der Waals surface area contributed by atoms with Crippen molar-refractivity contribution in [1.82, 2.24) is 26.2 Å². The summed E-state index contributed by atoms with van der Waals surface area (Å²) in [6.45, 7) is 13.9. The minimum atomic E-state index is -3.55. The fourth-order valence-corrected chi connectivity index (χ4v) is 8.34. The van der Waals surface area contributed by atoms with E-state index in [1.807, 2.05) is 20.8 Å². The summed E-state index contributed by atoms with van der Waals surface area (Å²) >= 11 is 0. The number of hydrogen-bond donors (Lipinski definition) is 4. The number of carbonyl (C=O) groups is 5. The van der Waals surface area contributed by atoms with Crippen molar-refractivity contribution >= 4 is 39.4 Å². The Morgan fingerprint density at radius 3 is 2.18 bits per heavy atom. The molecule has 4 atom stereocenters. The first-order valence-electron chi connectivity index (χ1n) is 16.1. The van der Waals surface area contributed by atoms with Crippen molar-refractivity contribution in [3.05, 3.63) is 12.7 Å². The summed E-state index contributed by atoms with van der Waals surface area (Å²) in [5, 5.41) is 10.8. The first-order chi connectivity index (χ1) is 20.8. The number of nitrogens with zero attached hydrogens (tertiary/aromatic N) is 1. The van der Waals surface area contributed by atoms with Gasteiger partial charge in [-0.3, -0.25) is 19.2 Å². The minimum Gasteiger partial charge on any atom is -0.347 e. The van der Waals surface area contributed by atoms with Crippen LogP contribution >= 0.6 is 0 Å². The van der Waals surface area contributed by atoms with Crippen LogP contribution in [0.25, 0.3) is 0 Å². The lowest BCUT2D eigenvalue weighted by Crippen LogP contribution is -2.63. The second-order valence-corrected chi connectivity index (χ2v) is 17.8. The highest BCUT2D eigenvalue weighted by molar-refractivity contribution is 7.92. The number of hydrogen-bond acceptors (Lipinski definition) is 7. The van der Waals surface area contributed by atoms with Gasteiger partial charge in [-0.15, -0.1) is 6.58 Å². The molecule has 3 rings (SSSR count). The van der Waals surface area contributed by atoms with Crippen LogP contribution < -0.4 is 21.3 Å². The number of ketones is 1. The summed E-state index contributed by atoms with van der Waals surface area (Å²) in [6.07, 6.45) is 7.54. The van der Waals surface area contributed by atoms with Crippen LogP contribution in [0.15, 0.2) is 12.7 Å². The van der Waals surface area contributed by atoms with Crippen LogP contribution in [0.2, 0.25) is 0 Å². The molecular weight excluding hydrogens is 598 g/mol. The van der Waals surface area contributed by atoms with Crippen molar-refractivity contribution in [2.24, 2.45) is 17.3 Å². The molecule has 1 aliphatic heterocycles. The molecule has 4 N–H and O–H groups in total. The topological polar surface area (TPSA) is 171 Å². The Bertz CT molecular complexity index is 1260. The number of amides is 5. The molecular formula is C32H53N5O7S. The molecule has 0 unspecified atom stereocenters. The van der Waals surface area contributed by atoms with E-state index in [0.717, 1.165) is 38.5 Å². The summed E-state index contributed by atoms with van der Waals surface area (Å²) in [6, 6.07) is -2.48. The number of fused-ring (bicyclic) bond motifs is 1. The molecule has 254 valence electrons.